The summed E-state index contributed by atoms with van der Waals surface area (Å²) in [6, 6.07) is 7.91. The topological polar surface area (TPSA) is 29.3 Å². The lowest BCUT2D eigenvalue weighted by Crippen LogP contribution is -2.47. The highest BCUT2D eigenvalue weighted by molar-refractivity contribution is 6.30. The van der Waals surface area contributed by atoms with Gasteiger partial charge in [-0.2, -0.15) is 0 Å². The minimum absolute atomic E-state index is 0.399. The minimum atomic E-state index is 0.399. The summed E-state index contributed by atoms with van der Waals surface area (Å²) in [6.07, 6.45) is 4.86. The zero-order valence-electron chi connectivity index (χ0n) is 10.2. The van der Waals surface area contributed by atoms with Crippen molar-refractivity contribution in [3.63, 3.8) is 0 Å². The molecule has 2 atom stereocenters. The summed E-state index contributed by atoms with van der Waals surface area (Å²) < 4.78 is 0. The number of fused-ring (bicyclic) bond motifs is 2. The Labute approximate surface area is 108 Å². The molecule has 2 aliphatic heterocycles. The molecule has 92 valence electrons. The van der Waals surface area contributed by atoms with E-state index < -0.39 is 0 Å². The molecule has 1 aromatic carbocycles. The van der Waals surface area contributed by atoms with Crippen molar-refractivity contribution in [2.24, 2.45) is 5.73 Å². The zero-order chi connectivity index (χ0) is 12.0. The predicted molar refractivity (Wildman–Crippen MR) is 72.7 cm³/mol. The zero-order valence-corrected chi connectivity index (χ0v) is 11.0. The Morgan fingerprint density at radius 2 is 1.88 bits per heavy atom. The molecule has 1 aromatic rings. The van der Waals surface area contributed by atoms with Crippen LogP contribution in [0.1, 0.15) is 31.2 Å². The van der Waals surface area contributed by atoms with Crippen molar-refractivity contribution in [2.75, 3.05) is 4.90 Å². The van der Waals surface area contributed by atoms with Gasteiger partial charge in [0.25, 0.3) is 0 Å². The van der Waals surface area contributed by atoms with E-state index in [0.717, 1.165) is 17.9 Å². The average molecular weight is 251 g/mol. The van der Waals surface area contributed by atoms with Crippen LogP contribution in [0.15, 0.2) is 18.2 Å². The van der Waals surface area contributed by atoms with Crippen LogP contribution in [-0.4, -0.2) is 18.1 Å². The van der Waals surface area contributed by atoms with Gasteiger partial charge in [0.2, 0.25) is 0 Å². The highest BCUT2D eigenvalue weighted by atomic mass is 35.5. The van der Waals surface area contributed by atoms with Crippen LogP contribution in [0.2, 0.25) is 5.02 Å². The van der Waals surface area contributed by atoms with Crippen molar-refractivity contribution in [2.45, 2.75) is 50.7 Å². The predicted octanol–water partition coefficient (Wildman–Crippen LogP) is 3.11. The molecule has 0 aliphatic carbocycles. The fraction of sp³-hybridized carbons (Fsp3) is 0.571. The molecule has 3 rings (SSSR count). The quantitative estimate of drug-likeness (QED) is 0.830. The molecule has 0 aromatic heterocycles. The first-order valence-electron chi connectivity index (χ1n) is 6.45. The molecule has 2 unspecified atom stereocenters. The molecule has 2 heterocycles. The maximum atomic E-state index is 6.11. The van der Waals surface area contributed by atoms with Crippen LogP contribution in [0, 0.1) is 6.92 Å². The van der Waals surface area contributed by atoms with Gasteiger partial charge in [0, 0.05) is 28.8 Å². The monoisotopic (exact) mass is 250 g/mol. The van der Waals surface area contributed by atoms with Gasteiger partial charge >= 0.3 is 0 Å². The Kier molecular flexibility index (Phi) is 2.80. The highest BCUT2D eigenvalue weighted by Gasteiger charge is 2.39. The van der Waals surface area contributed by atoms with Gasteiger partial charge in [0.15, 0.2) is 0 Å². The first-order chi connectivity index (χ1) is 8.15. The van der Waals surface area contributed by atoms with E-state index in [4.69, 9.17) is 17.3 Å². The molecular formula is C14H19ClN2. The lowest BCUT2D eigenvalue weighted by atomic mass is 9.96. The molecule has 17 heavy (non-hydrogen) atoms. The van der Waals surface area contributed by atoms with Crippen molar-refractivity contribution in [3.8, 4) is 0 Å². The molecule has 0 amide bonds. The number of hydrogen-bond donors (Lipinski definition) is 1. The number of halogens is 1. The highest BCUT2D eigenvalue weighted by Crippen LogP contribution is 2.40. The molecule has 2 bridgehead atoms. The third-order valence-corrected chi connectivity index (χ3v) is 4.44. The number of rotatable bonds is 1. The van der Waals surface area contributed by atoms with Crippen molar-refractivity contribution in [1.82, 2.24) is 0 Å². The van der Waals surface area contributed by atoms with Gasteiger partial charge in [-0.15, -0.1) is 0 Å². The second-order valence-corrected chi connectivity index (χ2v) is 5.89. The van der Waals surface area contributed by atoms with Crippen LogP contribution in [0.3, 0.4) is 0 Å². The van der Waals surface area contributed by atoms with Crippen LogP contribution in [0.4, 0.5) is 5.69 Å². The Balaban J connectivity index is 1.94. The maximum absolute atomic E-state index is 6.11. The van der Waals surface area contributed by atoms with E-state index in [9.17, 15) is 0 Å². The normalized spacial score (nSPS) is 31.9. The second-order valence-electron chi connectivity index (χ2n) is 5.45. The number of aryl methyl sites for hydroxylation is 1. The van der Waals surface area contributed by atoms with E-state index in [1.807, 2.05) is 6.07 Å². The van der Waals surface area contributed by atoms with E-state index in [1.54, 1.807) is 0 Å². The first-order valence-corrected chi connectivity index (χ1v) is 6.83. The van der Waals surface area contributed by atoms with E-state index >= 15 is 0 Å². The molecule has 2 aliphatic rings. The van der Waals surface area contributed by atoms with Crippen LogP contribution in [-0.2, 0) is 0 Å². The number of nitrogens with zero attached hydrogens (tertiary/aromatic N) is 1. The fourth-order valence-electron chi connectivity index (χ4n) is 3.52. The molecule has 2 nitrogen and oxygen atoms in total. The Bertz CT molecular complexity index is 418. The van der Waals surface area contributed by atoms with Gasteiger partial charge in [0.05, 0.1) is 0 Å². The number of nitrogens with two attached hydrogens (primary N) is 1. The number of anilines is 1. The van der Waals surface area contributed by atoms with Crippen LogP contribution in [0.5, 0.6) is 0 Å². The molecule has 3 heteroatoms. The summed E-state index contributed by atoms with van der Waals surface area (Å²) in [5.74, 6) is 0. The Morgan fingerprint density at radius 1 is 1.24 bits per heavy atom. The Hall–Kier alpha value is -0.730. The lowest BCUT2D eigenvalue weighted by molar-refractivity contribution is 0.414. The van der Waals surface area contributed by atoms with Gasteiger partial charge in [0.1, 0.15) is 0 Å². The largest absolute Gasteiger partial charge is 0.365 e. The average Bonchev–Trinajstić information content (AvgIpc) is 2.53. The first kappa shape index (κ1) is 11.4. The maximum Gasteiger partial charge on any atom is 0.0410 e. The van der Waals surface area contributed by atoms with E-state index in [0.29, 0.717) is 18.1 Å². The number of piperidine rings is 1. The summed E-state index contributed by atoms with van der Waals surface area (Å²) in [5.41, 5.74) is 8.75. The van der Waals surface area contributed by atoms with Gasteiger partial charge in [-0.3, -0.25) is 0 Å². The van der Waals surface area contributed by atoms with E-state index in [1.165, 1.54) is 24.1 Å². The molecule has 2 fully saturated rings. The summed E-state index contributed by atoms with van der Waals surface area (Å²) in [5, 5.41) is 0.826. The molecular weight excluding hydrogens is 232 g/mol. The number of benzene rings is 1. The number of hydrogen-bond acceptors (Lipinski definition) is 2. The van der Waals surface area contributed by atoms with Gasteiger partial charge < -0.3 is 10.6 Å². The fourth-order valence-corrected chi connectivity index (χ4v) is 3.75. The van der Waals surface area contributed by atoms with Gasteiger partial charge in [-0.05, 0) is 56.4 Å². The molecule has 0 saturated carbocycles. The van der Waals surface area contributed by atoms with E-state index in [-0.39, 0.29) is 0 Å². The smallest absolute Gasteiger partial charge is 0.0410 e. The second kappa shape index (κ2) is 4.18. The van der Waals surface area contributed by atoms with Crippen LogP contribution < -0.4 is 10.6 Å². The molecule has 0 spiro atoms. The van der Waals surface area contributed by atoms with Crippen molar-refractivity contribution >= 4 is 17.3 Å². The summed E-state index contributed by atoms with van der Waals surface area (Å²) in [6.45, 7) is 2.15. The third kappa shape index (κ3) is 1.94. The SMILES string of the molecule is Cc1cc(Cl)ccc1N1C2CCC1CC(N)C2. The van der Waals surface area contributed by atoms with Crippen molar-refractivity contribution in [3.05, 3.63) is 28.8 Å². The van der Waals surface area contributed by atoms with E-state index in [2.05, 4.69) is 24.0 Å². The molecule has 0 radical (unpaired) electrons. The standard InChI is InChI=1S/C14H19ClN2/c1-9-6-10(15)2-5-14(9)17-12-3-4-13(17)8-11(16)7-12/h2,5-6,11-13H,3-4,7-8,16H2,1H3. The molecule has 2 saturated heterocycles. The lowest BCUT2D eigenvalue weighted by Gasteiger charge is -2.40. The minimum Gasteiger partial charge on any atom is -0.365 e. The molecule has 2 N–H and O–H groups in total. The Morgan fingerprint density at radius 3 is 2.47 bits per heavy atom. The summed E-state index contributed by atoms with van der Waals surface area (Å²) >= 11 is 6.03. The van der Waals surface area contributed by atoms with Crippen LogP contribution in [0.25, 0.3) is 0 Å². The van der Waals surface area contributed by atoms with Gasteiger partial charge in [-0.1, -0.05) is 11.6 Å². The van der Waals surface area contributed by atoms with Gasteiger partial charge in [-0.25, -0.2) is 0 Å². The summed E-state index contributed by atoms with van der Waals surface area (Å²) in [7, 11) is 0. The third-order valence-electron chi connectivity index (χ3n) is 4.21. The summed E-state index contributed by atoms with van der Waals surface area (Å²) in [4.78, 5) is 2.59. The van der Waals surface area contributed by atoms with Crippen molar-refractivity contribution < 1.29 is 0 Å². The van der Waals surface area contributed by atoms with Crippen LogP contribution >= 0.6 is 11.6 Å². The van der Waals surface area contributed by atoms with Crippen molar-refractivity contribution in [1.29, 1.82) is 0 Å².